The summed E-state index contributed by atoms with van der Waals surface area (Å²) < 4.78 is 11.1. The van der Waals surface area contributed by atoms with Gasteiger partial charge in [0.2, 0.25) is 0 Å². The molecule has 6 nitrogen and oxygen atoms in total. The Hall–Kier alpha value is -2.21. The van der Waals surface area contributed by atoms with E-state index in [1.165, 1.54) is 6.08 Å². The largest absolute Gasteiger partial charge is 0.458 e. The van der Waals surface area contributed by atoms with Crippen LogP contribution in [0.25, 0.3) is 0 Å². The standard InChI is InChI=1S/C19H22O6/c1-9-7-14(24-15(22)5-4-6-20)17-11(3)19(23)25-18(17)16-10(2)13(21)8-12(9)16/h4-5,10,12,14,16-18,20H,1,3,6-8H2,2H3/b5-4+/t10-,12+,14-,16+,17-,18-/m1/s1. The van der Waals surface area contributed by atoms with E-state index in [-0.39, 0.29) is 35.7 Å². The van der Waals surface area contributed by atoms with Crippen LogP contribution in [0.15, 0.2) is 36.5 Å². The zero-order chi connectivity index (χ0) is 18.3. The van der Waals surface area contributed by atoms with Gasteiger partial charge in [0.1, 0.15) is 18.0 Å². The molecule has 0 bridgehead atoms. The van der Waals surface area contributed by atoms with Gasteiger partial charge in [-0.1, -0.05) is 31.7 Å². The number of fused-ring (bicyclic) bond motifs is 3. The molecule has 25 heavy (non-hydrogen) atoms. The highest BCUT2D eigenvalue weighted by molar-refractivity contribution is 5.92. The van der Waals surface area contributed by atoms with Gasteiger partial charge in [-0.05, 0) is 5.92 Å². The quantitative estimate of drug-likeness (QED) is 0.471. The highest BCUT2D eigenvalue weighted by atomic mass is 16.6. The Morgan fingerprint density at radius 1 is 1.36 bits per heavy atom. The van der Waals surface area contributed by atoms with Gasteiger partial charge in [0.15, 0.2) is 0 Å². The molecule has 2 saturated carbocycles. The molecule has 0 aromatic rings. The van der Waals surface area contributed by atoms with E-state index in [0.29, 0.717) is 12.8 Å². The van der Waals surface area contributed by atoms with Crippen LogP contribution >= 0.6 is 0 Å². The van der Waals surface area contributed by atoms with Crippen molar-refractivity contribution in [2.24, 2.45) is 23.7 Å². The predicted octanol–water partition coefficient (Wildman–Crippen LogP) is 1.35. The molecule has 3 aliphatic rings. The molecule has 1 aliphatic heterocycles. The molecule has 1 saturated heterocycles. The molecule has 134 valence electrons. The zero-order valence-corrected chi connectivity index (χ0v) is 14.1. The fourth-order valence-corrected chi connectivity index (χ4v) is 4.38. The Morgan fingerprint density at radius 2 is 2.08 bits per heavy atom. The number of ketones is 1. The lowest BCUT2D eigenvalue weighted by Crippen LogP contribution is -2.37. The van der Waals surface area contributed by atoms with E-state index in [9.17, 15) is 14.4 Å². The van der Waals surface area contributed by atoms with Gasteiger partial charge in [-0.25, -0.2) is 9.59 Å². The van der Waals surface area contributed by atoms with Crippen LogP contribution in [0.4, 0.5) is 0 Å². The molecule has 0 aromatic heterocycles. The molecule has 0 aromatic carbocycles. The predicted molar refractivity (Wildman–Crippen MR) is 88.1 cm³/mol. The molecule has 0 amide bonds. The molecule has 1 N–H and O–H groups in total. The first-order valence-electron chi connectivity index (χ1n) is 8.43. The Bertz CT molecular complexity index is 675. The number of hydrogen-bond acceptors (Lipinski definition) is 6. The van der Waals surface area contributed by atoms with Gasteiger partial charge >= 0.3 is 11.9 Å². The molecule has 3 rings (SSSR count). The molecular formula is C19H22O6. The van der Waals surface area contributed by atoms with E-state index in [0.717, 1.165) is 11.6 Å². The van der Waals surface area contributed by atoms with Gasteiger partial charge < -0.3 is 14.6 Å². The number of aliphatic hydroxyl groups is 1. The van der Waals surface area contributed by atoms with E-state index in [1.54, 1.807) is 0 Å². The van der Waals surface area contributed by atoms with Crippen molar-refractivity contribution in [3.63, 3.8) is 0 Å². The molecule has 1 heterocycles. The number of carbonyl (C=O) groups is 3. The van der Waals surface area contributed by atoms with Crippen LogP contribution in [0.2, 0.25) is 0 Å². The van der Waals surface area contributed by atoms with E-state index >= 15 is 0 Å². The molecule has 0 spiro atoms. The van der Waals surface area contributed by atoms with Gasteiger partial charge in [-0.2, -0.15) is 0 Å². The molecule has 3 fully saturated rings. The molecule has 6 heteroatoms. The summed E-state index contributed by atoms with van der Waals surface area (Å²) in [7, 11) is 0. The van der Waals surface area contributed by atoms with Gasteiger partial charge in [0.05, 0.1) is 12.5 Å². The second kappa shape index (κ2) is 6.59. The maximum Gasteiger partial charge on any atom is 0.334 e. The van der Waals surface area contributed by atoms with Crippen molar-refractivity contribution in [1.82, 2.24) is 0 Å². The van der Waals surface area contributed by atoms with Gasteiger partial charge in [-0.15, -0.1) is 0 Å². The van der Waals surface area contributed by atoms with Crippen molar-refractivity contribution in [3.05, 3.63) is 36.5 Å². The molecule has 6 atom stereocenters. The summed E-state index contributed by atoms with van der Waals surface area (Å²) in [6, 6.07) is 0. The molecular weight excluding hydrogens is 324 g/mol. The SMILES string of the molecule is C=C1C(=O)O[C@H]2[C@H]1[C@H](OC(=O)/C=C/CO)CC(=C)[C@@H]1CC(=O)[C@@H](C)[C@H]21. The number of carbonyl (C=O) groups excluding carboxylic acids is 3. The first-order chi connectivity index (χ1) is 11.8. The third kappa shape index (κ3) is 2.95. The van der Waals surface area contributed by atoms with E-state index in [1.807, 2.05) is 6.92 Å². The second-order valence-electron chi connectivity index (χ2n) is 6.99. The highest BCUT2D eigenvalue weighted by Crippen LogP contribution is 2.51. The lowest BCUT2D eigenvalue weighted by Gasteiger charge is -2.29. The number of esters is 2. The van der Waals surface area contributed by atoms with Crippen LogP contribution in [0, 0.1) is 23.7 Å². The third-order valence-corrected chi connectivity index (χ3v) is 5.63. The van der Waals surface area contributed by atoms with Crippen molar-refractivity contribution >= 4 is 17.7 Å². The minimum Gasteiger partial charge on any atom is -0.458 e. The van der Waals surface area contributed by atoms with Crippen LogP contribution in [-0.2, 0) is 23.9 Å². The smallest absolute Gasteiger partial charge is 0.334 e. The summed E-state index contributed by atoms with van der Waals surface area (Å²) in [5.41, 5.74) is 1.11. The Kier molecular flexibility index (Phi) is 4.64. The summed E-state index contributed by atoms with van der Waals surface area (Å²) in [5.74, 6) is -1.93. The van der Waals surface area contributed by atoms with Crippen LogP contribution in [-0.4, -0.2) is 41.6 Å². The first-order valence-corrected chi connectivity index (χ1v) is 8.43. The summed E-state index contributed by atoms with van der Waals surface area (Å²) >= 11 is 0. The normalized spacial score (nSPS) is 37.7. The maximum atomic E-state index is 12.2. The highest BCUT2D eigenvalue weighted by Gasteiger charge is 2.57. The van der Waals surface area contributed by atoms with Gasteiger partial charge in [0.25, 0.3) is 0 Å². The average Bonchev–Trinajstić information content (AvgIpc) is 2.98. The van der Waals surface area contributed by atoms with Crippen molar-refractivity contribution in [2.75, 3.05) is 6.61 Å². The van der Waals surface area contributed by atoms with Crippen LogP contribution < -0.4 is 0 Å². The zero-order valence-electron chi connectivity index (χ0n) is 14.1. The fourth-order valence-electron chi connectivity index (χ4n) is 4.38. The fraction of sp³-hybridized carbons (Fsp3) is 0.526. The number of Topliss-reactive ketones (excluding diaryl/α,β-unsaturated/α-hetero) is 1. The van der Waals surface area contributed by atoms with Crippen molar-refractivity contribution < 1.29 is 29.0 Å². The van der Waals surface area contributed by atoms with Gasteiger partial charge in [-0.3, -0.25) is 4.79 Å². The lowest BCUT2D eigenvalue weighted by molar-refractivity contribution is -0.148. The topological polar surface area (TPSA) is 89.9 Å². The summed E-state index contributed by atoms with van der Waals surface area (Å²) in [5, 5.41) is 8.78. The number of ether oxygens (including phenoxy) is 2. The van der Waals surface area contributed by atoms with E-state index < -0.39 is 30.1 Å². The number of hydrogen-bond donors (Lipinski definition) is 1. The Labute approximate surface area is 146 Å². The van der Waals surface area contributed by atoms with Crippen molar-refractivity contribution in [1.29, 1.82) is 0 Å². The van der Waals surface area contributed by atoms with Crippen molar-refractivity contribution in [3.8, 4) is 0 Å². The van der Waals surface area contributed by atoms with E-state index in [4.69, 9.17) is 14.6 Å². The first kappa shape index (κ1) is 17.6. The van der Waals surface area contributed by atoms with Crippen LogP contribution in [0.5, 0.6) is 0 Å². The summed E-state index contributed by atoms with van der Waals surface area (Å²) in [6.07, 6.45) is 2.01. The Balaban J connectivity index is 1.93. The maximum absolute atomic E-state index is 12.2. The van der Waals surface area contributed by atoms with Gasteiger partial charge in [0, 0.05) is 36.3 Å². The molecule has 2 aliphatic carbocycles. The third-order valence-electron chi connectivity index (χ3n) is 5.63. The number of rotatable bonds is 3. The molecule has 0 radical (unpaired) electrons. The second-order valence-corrected chi connectivity index (χ2v) is 6.99. The summed E-state index contributed by atoms with van der Waals surface area (Å²) in [6.45, 7) is 9.51. The van der Waals surface area contributed by atoms with Crippen LogP contribution in [0.3, 0.4) is 0 Å². The minimum atomic E-state index is -0.625. The lowest BCUT2D eigenvalue weighted by atomic mass is 9.79. The van der Waals surface area contributed by atoms with E-state index in [2.05, 4.69) is 13.2 Å². The van der Waals surface area contributed by atoms with Crippen LogP contribution in [0.1, 0.15) is 19.8 Å². The minimum absolute atomic E-state index is 0.0783. The van der Waals surface area contributed by atoms with Crippen molar-refractivity contribution in [2.45, 2.75) is 32.0 Å². The number of aliphatic hydroxyl groups excluding tert-OH is 1. The molecule has 0 unspecified atom stereocenters. The monoisotopic (exact) mass is 346 g/mol. The average molecular weight is 346 g/mol. The Morgan fingerprint density at radius 3 is 2.76 bits per heavy atom. The summed E-state index contributed by atoms with van der Waals surface area (Å²) in [4.78, 5) is 36.3.